The van der Waals surface area contributed by atoms with Gasteiger partial charge in [-0.25, -0.2) is 13.2 Å². The molecule has 6 nitrogen and oxygen atoms in total. The molecular weight excluding hydrogens is 258 g/mol. The normalized spacial score (nSPS) is 29.4. The van der Waals surface area contributed by atoms with Crippen LogP contribution in [0, 0.1) is 0 Å². The second kappa shape index (κ2) is 5.54. The fourth-order valence-electron chi connectivity index (χ4n) is 2.66. The lowest BCUT2D eigenvalue weighted by Crippen LogP contribution is -2.44. The fourth-order valence-corrected chi connectivity index (χ4v) is 4.42. The molecule has 2 fully saturated rings. The summed E-state index contributed by atoms with van der Waals surface area (Å²) in [4.78, 5) is 12.6. The van der Waals surface area contributed by atoms with E-state index in [2.05, 4.69) is 4.90 Å². The zero-order valence-corrected chi connectivity index (χ0v) is 11.1. The number of ether oxygens (including phenoxy) is 1. The number of nitrogens with zero attached hydrogens (tertiary/aromatic N) is 1. The SMILES string of the molecule is O=C(O)COC1CCN(C2CCS(=O)(=O)C2)CC1. The van der Waals surface area contributed by atoms with Crippen molar-refractivity contribution in [1.29, 1.82) is 0 Å². The molecule has 0 aliphatic carbocycles. The lowest BCUT2D eigenvalue weighted by molar-refractivity contribution is -0.145. The highest BCUT2D eigenvalue weighted by atomic mass is 32.2. The highest BCUT2D eigenvalue weighted by Crippen LogP contribution is 2.22. The first kappa shape index (κ1) is 13.8. The van der Waals surface area contributed by atoms with Crippen LogP contribution in [0.15, 0.2) is 0 Å². The van der Waals surface area contributed by atoms with Gasteiger partial charge >= 0.3 is 5.97 Å². The number of carboxylic acid groups (broad SMARTS) is 1. The van der Waals surface area contributed by atoms with Gasteiger partial charge in [0.2, 0.25) is 0 Å². The second-order valence-electron chi connectivity index (χ2n) is 5.00. The van der Waals surface area contributed by atoms with Crippen LogP contribution in [0.3, 0.4) is 0 Å². The van der Waals surface area contributed by atoms with Crippen molar-refractivity contribution in [3.8, 4) is 0 Å². The van der Waals surface area contributed by atoms with Gasteiger partial charge in [0, 0.05) is 19.1 Å². The highest BCUT2D eigenvalue weighted by molar-refractivity contribution is 7.91. The van der Waals surface area contributed by atoms with Gasteiger partial charge in [0.05, 0.1) is 17.6 Å². The van der Waals surface area contributed by atoms with Crippen molar-refractivity contribution in [3.63, 3.8) is 0 Å². The number of rotatable bonds is 4. The first-order valence-electron chi connectivity index (χ1n) is 6.24. The Kier molecular flexibility index (Phi) is 4.24. The largest absolute Gasteiger partial charge is 0.480 e. The first-order chi connectivity index (χ1) is 8.46. The average molecular weight is 277 g/mol. The molecule has 2 aliphatic rings. The van der Waals surface area contributed by atoms with Crippen LogP contribution in [0.4, 0.5) is 0 Å². The molecule has 0 aromatic rings. The van der Waals surface area contributed by atoms with E-state index in [-0.39, 0.29) is 24.5 Å². The molecule has 1 N–H and O–H groups in total. The number of carbonyl (C=O) groups is 1. The quantitative estimate of drug-likeness (QED) is 0.762. The number of hydrogen-bond donors (Lipinski definition) is 1. The van der Waals surface area contributed by atoms with Gasteiger partial charge in [-0.05, 0) is 19.3 Å². The number of piperidine rings is 1. The number of aliphatic carboxylic acids is 1. The Morgan fingerprint density at radius 1 is 1.28 bits per heavy atom. The molecule has 2 saturated heterocycles. The maximum atomic E-state index is 11.4. The Bertz CT molecular complexity index is 400. The number of carboxylic acids is 1. The monoisotopic (exact) mass is 277 g/mol. The molecule has 0 spiro atoms. The fraction of sp³-hybridized carbons (Fsp3) is 0.909. The standard InChI is InChI=1S/C11H19NO5S/c13-11(14)7-17-10-1-4-12(5-2-10)9-3-6-18(15,16)8-9/h9-10H,1-8H2,(H,13,14). The van der Waals surface area contributed by atoms with E-state index in [1.165, 1.54) is 0 Å². The van der Waals surface area contributed by atoms with Gasteiger partial charge in [-0.3, -0.25) is 4.90 Å². The average Bonchev–Trinajstić information content (AvgIpc) is 2.68. The van der Waals surface area contributed by atoms with Crippen LogP contribution in [0.5, 0.6) is 0 Å². The lowest BCUT2D eigenvalue weighted by Gasteiger charge is -2.35. The van der Waals surface area contributed by atoms with Gasteiger partial charge < -0.3 is 9.84 Å². The first-order valence-corrected chi connectivity index (χ1v) is 8.06. The number of sulfone groups is 1. The number of hydrogen-bond acceptors (Lipinski definition) is 5. The van der Waals surface area contributed by atoms with Crippen molar-refractivity contribution in [2.24, 2.45) is 0 Å². The molecule has 0 aromatic carbocycles. The Labute approximate surface area is 107 Å². The zero-order chi connectivity index (χ0) is 13.2. The van der Waals surface area contributed by atoms with E-state index in [4.69, 9.17) is 9.84 Å². The van der Waals surface area contributed by atoms with Crippen LogP contribution in [-0.2, 0) is 19.4 Å². The maximum absolute atomic E-state index is 11.4. The third-order valence-electron chi connectivity index (χ3n) is 3.64. The Balaban J connectivity index is 1.75. The summed E-state index contributed by atoms with van der Waals surface area (Å²) >= 11 is 0. The molecule has 0 radical (unpaired) electrons. The molecule has 7 heteroatoms. The van der Waals surface area contributed by atoms with Crippen molar-refractivity contribution in [2.45, 2.75) is 31.4 Å². The molecule has 104 valence electrons. The molecule has 2 heterocycles. The van der Waals surface area contributed by atoms with Crippen molar-refractivity contribution in [3.05, 3.63) is 0 Å². The van der Waals surface area contributed by atoms with Crippen LogP contribution in [0.2, 0.25) is 0 Å². The summed E-state index contributed by atoms with van der Waals surface area (Å²) in [7, 11) is -2.83. The Hall–Kier alpha value is -0.660. The molecule has 2 aliphatic heterocycles. The van der Waals surface area contributed by atoms with E-state index >= 15 is 0 Å². The van der Waals surface area contributed by atoms with Crippen molar-refractivity contribution >= 4 is 15.8 Å². The predicted molar refractivity (Wildman–Crippen MR) is 65.2 cm³/mol. The van der Waals surface area contributed by atoms with Crippen LogP contribution < -0.4 is 0 Å². The van der Waals surface area contributed by atoms with Crippen LogP contribution in [0.25, 0.3) is 0 Å². The van der Waals surface area contributed by atoms with Crippen LogP contribution >= 0.6 is 0 Å². The van der Waals surface area contributed by atoms with Gasteiger partial charge in [0.1, 0.15) is 6.61 Å². The molecular formula is C11H19NO5S. The minimum Gasteiger partial charge on any atom is -0.480 e. The summed E-state index contributed by atoms with van der Waals surface area (Å²) in [6, 6.07) is 0.149. The molecule has 0 amide bonds. The summed E-state index contributed by atoms with van der Waals surface area (Å²) in [5.74, 6) is -0.375. The third-order valence-corrected chi connectivity index (χ3v) is 5.39. The Morgan fingerprint density at radius 3 is 2.44 bits per heavy atom. The maximum Gasteiger partial charge on any atom is 0.329 e. The molecule has 18 heavy (non-hydrogen) atoms. The predicted octanol–water partition coefficient (Wildman–Crippen LogP) is -0.261. The van der Waals surface area contributed by atoms with E-state index in [0.717, 1.165) is 32.4 Å². The minimum absolute atomic E-state index is 0.00430. The summed E-state index contributed by atoms with van der Waals surface area (Å²) in [6.45, 7) is 1.34. The van der Waals surface area contributed by atoms with E-state index in [0.29, 0.717) is 5.75 Å². The van der Waals surface area contributed by atoms with Crippen molar-refractivity contribution < 1.29 is 23.1 Å². The molecule has 0 bridgehead atoms. The number of likely N-dealkylation sites (tertiary alicyclic amines) is 1. The molecule has 1 atom stereocenters. The minimum atomic E-state index is -2.83. The summed E-state index contributed by atoms with van der Waals surface area (Å²) in [5.41, 5.74) is 0. The molecule has 0 aromatic heterocycles. The van der Waals surface area contributed by atoms with E-state index in [1.54, 1.807) is 0 Å². The van der Waals surface area contributed by atoms with Crippen molar-refractivity contribution in [2.75, 3.05) is 31.2 Å². The van der Waals surface area contributed by atoms with E-state index in [1.807, 2.05) is 0 Å². The Morgan fingerprint density at radius 2 is 1.94 bits per heavy atom. The van der Waals surface area contributed by atoms with Crippen LogP contribution in [0.1, 0.15) is 19.3 Å². The van der Waals surface area contributed by atoms with Gasteiger partial charge in [-0.1, -0.05) is 0 Å². The lowest BCUT2D eigenvalue weighted by atomic mass is 10.1. The molecule has 2 rings (SSSR count). The van der Waals surface area contributed by atoms with Gasteiger partial charge in [-0.15, -0.1) is 0 Å². The third kappa shape index (κ3) is 3.66. The smallest absolute Gasteiger partial charge is 0.329 e. The van der Waals surface area contributed by atoms with Crippen molar-refractivity contribution in [1.82, 2.24) is 4.90 Å². The second-order valence-corrected chi connectivity index (χ2v) is 7.23. The van der Waals surface area contributed by atoms with E-state index < -0.39 is 15.8 Å². The summed E-state index contributed by atoms with van der Waals surface area (Å²) in [5, 5.41) is 8.52. The molecule has 1 unspecified atom stereocenters. The highest BCUT2D eigenvalue weighted by Gasteiger charge is 2.34. The molecule has 0 saturated carbocycles. The van der Waals surface area contributed by atoms with Gasteiger partial charge in [0.25, 0.3) is 0 Å². The summed E-state index contributed by atoms with van der Waals surface area (Å²) in [6.07, 6.45) is 2.28. The topological polar surface area (TPSA) is 83.9 Å². The zero-order valence-electron chi connectivity index (χ0n) is 10.2. The van der Waals surface area contributed by atoms with Gasteiger partial charge in [0.15, 0.2) is 9.84 Å². The van der Waals surface area contributed by atoms with Crippen LogP contribution in [-0.4, -0.2) is 67.7 Å². The summed E-state index contributed by atoms with van der Waals surface area (Å²) < 4.78 is 28.1. The van der Waals surface area contributed by atoms with Gasteiger partial charge in [-0.2, -0.15) is 0 Å². The van der Waals surface area contributed by atoms with E-state index in [9.17, 15) is 13.2 Å².